The molecule has 3 rings (SSSR count). The van der Waals surface area contributed by atoms with Gasteiger partial charge in [-0.15, -0.1) is 0 Å². The smallest absolute Gasteiger partial charge is 0.233 e. The molecular formula is C18H26N4O3. The van der Waals surface area contributed by atoms with E-state index >= 15 is 0 Å². The molecule has 1 aromatic rings. The van der Waals surface area contributed by atoms with E-state index in [-0.39, 0.29) is 48.4 Å². The highest BCUT2D eigenvalue weighted by Gasteiger charge is 2.47. The van der Waals surface area contributed by atoms with E-state index in [0.717, 1.165) is 32.2 Å². The van der Waals surface area contributed by atoms with Crippen LogP contribution in [0.5, 0.6) is 0 Å². The molecular weight excluding hydrogens is 320 g/mol. The number of likely N-dealkylation sites (tertiary alicyclic amines) is 1. The number of rotatable bonds is 7. The second-order valence-corrected chi connectivity index (χ2v) is 7.24. The van der Waals surface area contributed by atoms with Crippen LogP contribution in [0.2, 0.25) is 0 Å². The fourth-order valence-corrected chi connectivity index (χ4v) is 3.86. The highest BCUT2D eigenvalue weighted by atomic mass is 16.2. The van der Waals surface area contributed by atoms with Gasteiger partial charge in [-0.3, -0.25) is 19.3 Å². The molecule has 3 unspecified atom stereocenters. The van der Waals surface area contributed by atoms with Crippen LogP contribution in [0, 0.1) is 17.8 Å². The van der Waals surface area contributed by atoms with Crippen LogP contribution in [0.1, 0.15) is 39.0 Å². The molecule has 1 aromatic heterocycles. The molecule has 7 heteroatoms. The van der Waals surface area contributed by atoms with Gasteiger partial charge in [0.15, 0.2) is 0 Å². The summed E-state index contributed by atoms with van der Waals surface area (Å²) >= 11 is 0. The predicted octanol–water partition coefficient (Wildman–Crippen LogP) is 1.20. The maximum Gasteiger partial charge on any atom is 0.233 e. The minimum absolute atomic E-state index is 0.0732. The van der Waals surface area contributed by atoms with Gasteiger partial charge in [-0.2, -0.15) is 0 Å². The van der Waals surface area contributed by atoms with Crippen molar-refractivity contribution in [1.82, 2.24) is 19.8 Å². The molecule has 1 aliphatic carbocycles. The summed E-state index contributed by atoms with van der Waals surface area (Å²) in [7, 11) is 0. The number of carbonyl (C=O) groups is 3. The molecule has 1 saturated heterocycles. The van der Waals surface area contributed by atoms with E-state index in [0.29, 0.717) is 6.54 Å². The van der Waals surface area contributed by atoms with Crippen LogP contribution in [0.15, 0.2) is 18.7 Å². The van der Waals surface area contributed by atoms with E-state index in [4.69, 9.17) is 0 Å². The molecule has 7 nitrogen and oxygen atoms in total. The third-order valence-corrected chi connectivity index (χ3v) is 5.22. The Labute approximate surface area is 147 Å². The van der Waals surface area contributed by atoms with Crippen molar-refractivity contribution in [1.29, 1.82) is 0 Å². The molecule has 2 aliphatic rings. The van der Waals surface area contributed by atoms with Gasteiger partial charge in [0.05, 0.1) is 18.2 Å². The van der Waals surface area contributed by atoms with E-state index in [1.165, 1.54) is 4.90 Å². The second-order valence-electron chi connectivity index (χ2n) is 7.24. The molecule has 3 amide bonds. The lowest BCUT2D eigenvalue weighted by atomic mass is 9.81. The van der Waals surface area contributed by atoms with Crippen molar-refractivity contribution in [2.45, 2.75) is 45.6 Å². The monoisotopic (exact) mass is 346 g/mol. The van der Waals surface area contributed by atoms with Crippen LogP contribution >= 0.6 is 0 Å². The van der Waals surface area contributed by atoms with Crippen molar-refractivity contribution < 1.29 is 14.4 Å². The Bertz CT molecular complexity index is 604. The molecule has 3 atom stereocenters. The maximum absolute atomic E-state index is 12.4. The van der Waals surface area contributed by atoms with Gasteiger partial charge in [-0.05, 0) is 18.8 Å². The molecule has 2 fully saturated rings. The Morgan fingerprint density at radius 3 is 2.56 bits per heavy atom. The summed E-state index contributed by atoms with van der Waals surface area (Å²) in [5, 5.41) is 2.89. The van der Waals surface area contributed by atoms with Crippen LogP contribution in [0.25, 0.3) is 0 Å². The Morgan fingerprint density at radius 1 is 1.28 bits per heavy atom. The summed E-state index contributed by atoms with van der Waals surface area (Å²) in [6.07, 6.45) is 9.20. The second kappa shape index (κ2) is 7.80. The standard InChI is InChI=1S/C18H26N4O3/c1-13(11-21-9-7-19-12-21)10-20-16(23)6-8-22-17(24)14-4-2-3-5-15(14)18(22)25/h7,9,12-15H,2-6,8,10-11H2,1H3,(H,20,23). The lowest BCUT2D eigenvalue weighted by Crippen LogP contribution is -2.36. The number of imidazole rings is 1. The van der Waals surface area contributed by atoms with Crippen molar-refractivity contribution >= 4 is 17.7 Å². The quantitative estimate of drug-likeness (QED) is 0.752. The largest absolute Gasteiger partial charge is 0.356 e. The highest BCUT2D eigenvalue weighted by Crippen LogP contribution is 2.37. The van der Waals surface area contributed by atoms with Crippen molar-refractivity contribution in [3.8, 4) is 0 Å². The molecule has 1 N–H and O–H groups in total. The van der Waals surface area contributed by atoms with Gasteiger partial charge >= 0.3 is 0 Å². The summed E-state index contributed by atoms with van der Waals surface area (Å²) < 4.78 is 1.97. The van der Waals surface area contributed by atoms with E-state index in [1.54, 1.807) is 12.5 Å². The van der Waals surface area contributed by atoms with Crippen LogP contribution in [0.4, 0.5) is 0 Å². The molecule has 0 spiro atoms. The van der Waals surface area contributed by atoms with Crippen LogP contribution in [0.3, 0.4) is 0 Å². The molecule has 136 valence electrons. The Hall–Kier alpha value is -2.18. The lowest BCUT2D eigenvalue weighted by molar-refractivity contribution is -0.140. The number of hydrogen-bond acceptors (Lipinski definition) is 4. The number of nitrogens with zero attached hydrogens (tertiary/aromatic N) is 3. The van der Waals surface area contributed by atoms with E-state index in [2.05, 4.69) is 17.2 Å². The molecule has 0 aromatic carbocycles. The molecule has 0 radical (unpaired) electrons. The Kier molecular flexibility index (Phi) is 5.50. The van der Waals surface area contributed by atoms with Gasteiger partial charge in [0.25, 0.3) is 0 Å². The summed E-state index contributed by atoms with van der Waals surface area (Å²) in [6, 6.07) is 0. The summed E-state index contributed by atoms with van der Waals surface area (Å²) in [5.74, 6) is -0.269. The fourth-order valence-electron chi connectivity index (χ4n) is 3.86. The first-order valence-electron chi connectivity index (χ1n) is 9.14. The van der Waals surface area contributed by atoms with Gasteiger partial charge in [-0.1, -0.05) is 19.8 Å². The number of amides is 3. The maximum atomic E-state index is 12.4. The zero-order chi connectivity index (χ0) is 17.8. The van der Waals surface area contributed by atoms with Crippen LogP contribution < -0.4 is 5.32 Å². The number of nitrogens with one attached hydrogen (secondary N) is 1. The number of hydrogen-bond donors (Lipinski definition) is 1. The van der Waals surface area contributed by atoms with Crippen molar-refractivity contribution in [3.63, 3.8) is 0 Å². The highest BCUT2D eigenvalue weighted by molar-refractivity contribution is 6.05. The normalized spacial score (nSPS) is 24.3. The van der Waals surface area contributed by atoms with Crippen molar-refractivity contribution in [2.24, 2.45) is 17.8 Å². The molecule has 25 heavy (non-hydrogen) atoms. The van der Waals surface area contributed by atoms with E-state index < -0.39 is 0 Å². The summed E-state index contributed by atoms with van der Waals surface area (Å²) in [6.45, 7) is 3.60. The van der Waals surface area contributed by atoms with Gasteiger partial charge < -0.3 is 9.88 Å². The molecule has 2 heterocycles. The summed E-state index contributed by atoms with van der Waals surface area (Å²) in [4.78, 5) is 42.1. The predicted molar refractivity (Wildman–Crippen MR) is 91.2 cm³/mol. The van der Waals surface area contributed by atoms with Crippen LogP contribution in [-0.4, -0.2) is 45.3 Å². The summed E-state index contributed by atoms with van der Waals surface area (Å²) in [5.41, 5.74) is 0. The van der Waals surface area contributed by atoms with Gasteiger partial charge in [-0.25, -0.2) is 4.98 Å². The van der Waals surface area contributed by atoms with Gasteiger partial charge in [0, 0.05) is 38.4 Å². The minimum Gasteiger partial charge on any atom is -0.356 e. The third-order valence-electron chi connectivity index (χ3n) is 5.22. The minimum atomic E-state index is -0.139. The first-order valence-corrected chi connectivity index (χ1v) is 9.14. The Morgan fingerprint density at radius 2 is 1.96 bits per heavy atom. The molecule has 1 aliphatic heterocycles. The number of carbonyl (C=O) groups excluding carboxylic acids is 3. The van der Waals surface area contributed by atoms with Gasteiger partial charge in [0.1, 0.15) is 0 Å². The first kappa shape index (κ1) is 17.6. The first-order chi connectivity index (χ1) is 12.1. The topological polar surface area (TPSA) is 84.3 Å². The molecule has 0 bridgehead atoms. The SMILES string of the molecule is CC(CNC(=O)CCN1C(=O)C2CCCCC2C1=O)Cn1ccnc1. The molecule has 1 saturated carbocycles. The zero-order valence-electron chi connectivity index (χ0n) is 14.7. The van der Waals surface area contributed by atoms with Gasteiger partial charge in [0.2, 0.25) is 17.7 Å². The van der Waals surface area contributed by atoms with E-state index in [1.807, 2.05) is 10.8 Å². The lowest BCUT2D eigenvalue weighted by Gasteiger charge is -2.19. The average Bonchev–Trinajstić information content (AvgIpc) is 3.20. The van der Waals surface area contributed by atoms with Crippen molar-refractivity contribution in [3.05, 3.63) is 18.7 Å². The average molecular weight is 346 g/mol. The number of aromatic nitrogens is 2. The van der Waals surface area contributed by atoms with Crippen molar-refractivity contribution in [2.75, 3.05) is 13.1 Å². The van der Waals surface area contributed by atoms with E-state index in [9.17, 15) is 14.4 Å². The number of fused-ring (bicyclic) bond motifs is 1. The fraction of sp³-hybridized carbons (Fsp3) is 0.667. The Balaban J connectivity index is 1.41. The van der Waals surface area contributed by atoms with Crippen LogP contribution in [-0.2, 0) is 20.9 Å². The zero-order valence-corrected chi connectivity index (χ0v) is 14.7. The third kappa shape index (κ3) is 4.08. The number of imide groups is 1.